The zero-order chi connectivity index (χ0) is 17.6. The molecule has 0 N–H and O–H groups in total. The van der Waals surface area contributed by atoms with Crippen LogP contribution in [-0.4, -0.2) is 31.3 Å². The Bertz CT molecular complexity index is 852. The first-order chi connectivity index (χ1) is 12.2. The molecule has 0 atom stereocenters. The summed E-state index contributed by atoms with van der Waals surface area (Å²) in [6.07, 6.45) is 1.66. The quantitative estimate of drug-likeness (QED) is 0.500. The Hall–Kier alpha value is -2.92. The number of aryl methyl sites for hydroxylation is 1. The molecule has 5 heteroatoms. The van der Waals surface area contributed by atoms with Gasteiger partial charge in [0.25, 0.3) is 0 Å². The maximum atomic E-state index is 12.3. The fourth-order valence-electron chi connectivity index (χ4n) is 2.39. The molecule has 0 amide bonds. The Morgan fingerprint density at radius 1 is 1.08 bits per heavy atom. The van der Waals surface area contributed by atoms with E-state index in [1.54, 1.807) is 31.5 Å². The van der Waals surface area contributed by atoms with E-state index in [1.165, 1.54) is 5.56 Å². The lowest BCUT2D eigenvalue weighted by Gasteiger charge is -2.07. The highest BCUT2D eigenvalue weighted by atomic mass is 16.6. The molecular weight excluding hydrogens is 318 g/mol. The fourth-order valence-corrected chi connectivity index (χ4v) is 2.39. The predicted octanol–water partition coefficient (Wildman–Crippen LogP) is 4.12. The van der Waals surface area contributed by atoms with Gasteiger partial charge in [0.15, 0.2) is 5.76 Å². The van der Waals surface area contributed by atoms with E-state index in [2.05, 4.69) is 4.98 Å². The average Bonchev–Trinajstić information content (AvgIpc) is 3.12. The third-order valence-electron chi connectivity index (χ3n) is 3.74. The first kappa shape index (κ1) is 16.9. The minimum atomic E-state index is -0.428. The molecule has 0 aliphatic heterocycles. The van der Waals surface area contributed by atoms with Crippen LogP contribution in [0.15, 0.2) is 59.1 Å². The lowest BCUT2D eigenvalue weighted by Crippen LogP contribution is -2.11. The molecule has 1 aromatic heterocycles. The van der Waals surface area contributed by atoms with Gasteiger partial charge < -0.3 is 13.9 Å². The third kappa shape index (κ3) is 3.95. The van der Waals surface area contributed by atoms with Gasteiger partial charge in [-0.2, -0.15) is 0 Å². The number of benzene rings is 2. The maximum Gasteiger partial charge on any atom is 0.339 e. The van der Waals surface area contributed by atoms with Gasteiger partial charge in [-0.3, -0.25) is 0 Å². The summed E-state index contributed by atoms with van der Waals surface area (Å²) in [6, 6.07) is 15.1. The average molecular weight is 337 g/mol. The predicted molar refractivity (Wildman–Crippen MR) is 94.3 cm³/mol. The molecule has 0 radical (unpaired) electrons. The largest absolute Gasteiger partial charge is 0.460 e. The summed E-state index contributed by atoms with van der Waals surface area (Å²) in [7, 11) is 1.56. The van der Waals surface area contributed by atoms with E-state index in [-0.39, 0.29) is 6.61 Å². The monoisotopic (exact) mass is 337 g/mol. The van der Waals surface area contributed by atoms with E-state index in [9.17, 15) is 4.79 Å². The van der Waals surface area contributed by atoms with Crippen LogP contribution in [0.25, 0.3) is 22.8 Å². The van der Waals surface area contributed by atoms with Crippen LogP contribution in [0.3, 0.4) is 0 Å². The number of aromatic nitrogens is 1. The summed E-state index contributed by atoms with van der Waals surface area (Å²) >= 11 is 0. The van der Waals surface area contributed by atoms with Crippen molar-refractivity contribution in [3.05, 3.63) is 65.9 Å². The molecule has 0 aliphatic carbocycles. The van der Waals surface area contributed by atoms with Gasteiger partial charge in [0.05, 0.1) is 23.9 Å². The maximum absolute atomic E-state index is 12.3. The topological polar surface area (TPSA) is 61.6 Å². The van der Waals surface area contributed by atoms with Crippen molar-refractivity contribution in [1.29, 1.82) is 0 Å². The Labute approximate surface area is 146 Å². The number of methoxy groups -OCH3 is 1. The Balaban J connectivity index is 1.87. The zero-order valence-electron chi connectivity index (χ0n) is 14.2. The summed E-state index contributed by atoms with van der Waals surface area (Å²) in [5, 5.41) is 0. The smallest absolute Gasteiger partial charge is 0.339 e. The van der Waals surface area contributed by atoms with Gasteiger partial charge in [-0.1, -0.05) is 42.0 Å². The molecule has 0 spiro atoms. The van der Waals surface area contributed by atoms with E-state index in [0.717, 1.165) is 5.56 Å². The van der Waals surface area contributed by atoms with Gasteiger partial charge in [-0.15, -0.1) is 0 Å². The number of oxazole rings is 1. The van der Waals surface area contributed by atoms with Crippen molar-refractivity contribution in [2.24, 2.45) is 0 Å². The molecule has 3 rings (SSSR count). The van der Waals surface area contributed by atoms with Gasteiger partial charge in [-0.25, -0.2) is 9.78 Å². The van der Waals surface area contributed by atoms with E-state index >= 15 is 0 Å². The van der Waals surface area contributed by atoms with Crippen LogP contribution < -0.4 is 0 Å². The van der Waals surface area contributed by atoms with Gasteiger partial charge >= 0.3 is 5.97 Å². The molecule has 5 nitrogen and oxygen atoms in total. The van der Waals surface area contributed by atoms with Crippen molar-refractivity contribution in [1.82, 2.24) is 4.98 Å². The summed E-state index contributed by atoms with van der Waals surface area (Å²) in [4.78, 5) is 16.6. The minimum absolute atomic E-state index is 0.198. The molecular formula is C20H19NO4. The molecule has 0 unspecified atom stereocenters. The third-order valence-corrected chi connectivity index (χ3v) is 3.74. The molecule has 25 heavy (non-hydrogen) atoms. The second-order valence-electron chi connectivity index (χ2n) is 5.57. The molecule has 1 heterocycles. The molecule has 0 aliphatic rings. The van der Waals surface area contributed by atoms with Gasteiger partial charge in [0, 0.05) is 12.7 Å². The van der Waals surface area contributed by atoms with E-state index in [1.807, 2.05) is 37.3 Å². The number of ether oxygens (including phenoxy) is 2. The lowest BCUT2D eigenvalue weighted by molar-refractivity contribution is 0.0388. The highest BCUT2D eigenvalue weighted by Crippen LogP contribution is 2.28. The van der Waals surface area contributed by atoms with Crippen LogP contribution in [0.4, 0.5) is 0 Å². The van der Waals surface area contributed by atoms with Crippen LogP contribution >= 0.6 is 0 Å². The van der Waals surface area contributed by atoms with Crippen LogP contribution in [-0.2, 0) is 9.47 Å². The standard InChI is InChI=1S/C20H19NO4/c1-14-7-9-15(10-8-14)18-13-21-19(25-18)16-5-3-4-6-17(16)20(22)24-12-11-23-2/h3-10,13H,11-12H2,1-2H3. The van der Waals surface area contributed by atoms with E-state index in [0.29, 0.717) is 29.4 Å². The molecule has 3 aromatic rings. The van der Waals surface area contributed by atoms with Crippen LogP contribution in [0, 0.1) is 6.92 Å². The van der Waals surface area contributed by atoms with Crippen molar-refractivity contribution >= 4 is 5.97 Å². The number of hydrogen-bond donors (Lipinski definition) is 0. The zero-order valence-corrected chi connectivity index (χ0v) is 14.2. The van der Waals surface area contributed by atoms with Crippen molar-refractivity contribution in [2.75, 3.05) is 20.3 Å². The SMILES string of the molecule is COCCOC(=O)c1ccccc1-c1ncc(-c2ccc(C)cc2)o1. The van der Waals surface area contributed by atoms with Crippen molar-refractivity contribution in [3.8, 4) is 22.8 Å². The van der Waals surface area contributed by atoms with Crippen molar-refractivity contribution in [2.45, 2.75) is 6.92 Å². The first-order valence-electron chi connectivity index (χ1n) is 7.97. The number of carbonyl (C=O) groups is 1. The highest BCUT2D eigenvalue weighted by molar-refractivity contribution is 5.96. The molecule has 0 saturated carbocycles. The second-order valence-corrected chi connectivity index (χ2v) is 5.57. The van der Waals surface area contributed by atoms with Crippen LogP contribution in [0.5, 0.6) is 0 Å². The Morgan fingerprint density at radius 2 is 1.84 bits per heavy atom. The van der Waals surface area contributed by atoms with Gasteiger partial charge in [0.2, 0.25) is 5.89 Å². The van der Waals surface area contributed by atoms with E-state index in [4.69, 9.17) is 13.9 Å². The molecule has 128 valence electrons. The number of hydrogen-bond acceptors (Lipinski definition) is 5. The lowest BCUT2D eigenvalue weighted by atomic mass is 10.1. The summed E-state index contributed by atoms with van der Waals surface area (Å²) < 4.78 is 16.0. The number of esters is 1. The van der Waals surface area contributed by atoms with Crippen LogP contribution in [0.2, 0.25) is 0 Å². The normalized spacial score (nSPS) is 10.6. The van der Waals surface area contributed by atoms with Crippen molar-refractivity contribution in [3.63, 3.8) is 0 Å². The number of nitrogens with zero attached hydrogens (tertiary/aromatic N) is 1. The van der Waals surface area contributed by atoms with Crippen molar-refractivity contribution < 1.29 is 18.7 Å². The Morgan fingerprint density at radius 3 is 2.60 bits per heavy atom. The first-order valence-corrected chi connectivity index (χ1v) is 7.97. The molecule has 0 bridgehead atoms. The minimum Gasteiger partial charge on any atom is -0.460 e. The molecule has 0 fully saturated rings. The number of carbonyl (C=O) groups excluding carboxylic acids is 1. The van der Waals surface area contributed by atoms with E-state index < -0.39 is 5.97 Å². The van der Waals surface area contributed by atoms with Gasteiger partial charge in [0.1, 0.15) is 6.61 Å². The Kier molecular flexibility index (Phi) is 5.26. The summed E-state index contributed by atoms with van der Waals surface area (Å²) in [6.45, 7) is 2.58. The molecule has 0 saturated heterocycles. The summed E-state index contributed by atoms with van der Waals surface area (Å²) in [5.41, 5.74) is 3.12. The fraction of sp³-hybridized carbons (Fsp3) is 0.200. The van der Waals surface area contributed by atoms with Crippen LogP contribution in [0.1, 0.15) is 15.9 Å². The summed E-state index contributed by atoms with van der Waals surface area (Å²) in [5.74, 6) is 0.607. The molecule has 2 aromatic carbocycles. The number of rotatable bonds is 6. The second kappa shape index (κ2) is 7.77. The van der Waals surface area contributed by atoms with Gasteiger partial charge in [-0.05, 0) is 19.1 Å². The highest BCUT2D eigenvalue weighted by Gasteiger charge is 2.17.